The largest absolute Gasteiger partial charge is 0.357 e. The van der Waals surface area contributed by atoms with Gasteiger partial charge in [-0.1, -0.05) is 12.1 Å². The van der Waals surface area contributed by atoms with Crippen molar-refractivity contribution in [3.05, 3.63) is 29.8 Å². The number of anilines is 1. The van der Waals surface area contributed by atoms with E-state index in [1.165, 1.54) is 19.8 Å². The van der Waals surface area contributed by atoms with Crippen LogP contribution >= 0.6 is 24.0 Å². The summed E-state index contributed by atoms with van der Waals surface area (Å²) in [5.41, 5.74) is 1.89. The SMILES string of the molecule is CCNC(=NCc1cccc(NC(C)=O)c1)NCC1CC1.I. The van der Waals surface area contributed by atoms with E-state index < -0.39 is 0 Å². The van der Waals surface area contributed by atoms with E-state index in [9.17, 15) is 4.79 Å². The normalized spacial score (nSPS) is 14.0. The Hall–Kier alpha value is -1.31. The number of guanidine groups is 1. The molecule has 1 aromatic carbocycles. The molecule has 0 aliphatic heterocycles. The van der Waals surface area contributed by atoms with Gasteiger partial charge in [0.15, 0.2) is 5.96 Å². The molecule has 0 bridgehead atoms. The minimum Gasteiger partial charge on any atom is -0.357 e. The van der Waals surface area contributed by atoms with Crippen LogP contribution in [0.4, 0.5) is 5.69 Å². The zero-order valence-electron chi connectivity index (χ0n) is 13.2. The third kappa shape index (κ3) is 7.11. The summed E-state index contributed by atoms with van der Waals surface area (Å²) in [6.07, 6.45) is 2.65. The summed E-state index contributed by atoms with van der Waals surface area (Å²) in [5.74, 6) is 1.61. The molecule has 1 saturated carbocycles. The molecular weight excluding hydrogens is 391 g/mol. The quantitative estimate of drug-likeness (QED) is 0.380. The van der Waals surface area contributed by atoms with Crippen LogP contribution in [0.5, 0.6) is 0 Å². The van der Waals surface area contributed by atoms with Gasteiger partial charge in [0.05, 0.1) is 6.54 Å². The van der Waals surface area contributed by atoms with Crippen molar-refractivity contribution in [2.24, 2.45) is 10.9 Å². The molecule has 1 aliphatic rings. The molecule has 2 rings (SSSR count). The van der Waals surface area contributed by atoms with Crippen LogP contribution in [-0.4, -0.2) is 25.0 Å². The van der Waals surface area contributed by atoms with Crippen molar-refractivity contribution in [3.8, 4) is 0 Å². The number of carbonyl (C=O) groups is 1. The zero-order valence-corrected chi connectivity index (χ0v) is 15.5. The van der Waals surface area contributed by atoms with Crippen LogP contribution in [0.25, 0.3) is 0 Å². The van der Waals surface area contributed by atoms with Crippen LogP contribution in [0.15, 0.2) is 29.3 Å². The predicted octanol–water partition coefficient (Wildman–Crippen LogP) is 2.73. The third-order valence-electron chi connectivity index (χ3n) is 3.27. The molecule has 0 atom stereocenters. The number of halogens is 1. The Morgan fingerprint density at radius 1 is 1.32 bits per heavy atom. The smallest absolute Gasteiger partial charge is 0.221 e. The maximum absolute atomic E-state index is 11.1. The van der Waals surface area contributed by atoms with Crippen molar-refractivity contribution in [1.82, 2.24) is 10.6 Å². The van der Waals surface area contributed by atoms with Crippen molar-refractivity contribution >= 4 is 41.5 Å². The maximum atomic E-state index is 11.1. The van der Waals surface area contributed by atoms with Gasteiger partial charge in [0.25, 0.3) is 0 Å². The third-order valence-corrected chi connectivity index (χ3v) is 3.27. The first-order valence-electron chi connectivity index (χ1n) is 7.56. The predicted molar refractivity (Wildman–Crippen MR) is 102 cm³/mol. The van der Waals surface area contributed by atoms with E-state index in [0.717, 1.165) is 36.2 Å². The molecule has 3 N–H and O–H groups in total. The number of amides is 1. The highest BCUT2D eigenvalue weighted by Gasteiger charge is 2.20. The van der Waals surface area contributed by atoms with E-state index in [-0.39, 0.29) is 29.9 Å². The molecule has 0 saturated heterocycles. The fourth-order valence-corrected chi connectivity index (χ4v) is 2.03. The Kier molecular flexibility index (Phi) is 8.22. The van der Waals surface area contributed by atoms with Crippen LogP contribution in [-0.2, 0) is 11.3 Å². The van der Waals surface area contributed by atoms with Gasteiger partial charge in [-0.3, -0.25) is 4.79 Å². The molecular formula is C16H25IN4O. The summed E-state index contributed by atoms with van der Waals surface area (Å²) in [6.45, 7) is 6.01. The Morgan fingerprint density at radius 3 is 2.73 bits per heavy atom. The van der Waals surface area contributed by atoms with Gasteiger partial charge in [-0.2, -0.15) is 0 Å². The topological polar surface area (TPSA) is 65.5 Å². The molecule has 6 heteroatoms. The van der Waals surface area contributed by atoms with E-state index in [2.05, 4.69) is 27.9 Å². The standard InChI is InChI=1S/C16H24N4O.HI/c1-3-17-16(18-10-13-7-8-13)19-11-14-5-4-6-15(9-14)20-12(2)21;/h4-6,9,13H,3,7-8,10-11H2,1-2H3,(H,20,21)(H2,17,18,19);1H. The Labute approximate surface area is 149 Å². The minimum atomic E-state index is -0.0601. The number of hydrogen-bond acceptors (Lipinski definition) is 2. The number of nitrogens with one attached hydrogen (secondary N) is 3. The van der Waals surface area contributed by atoms with Gasteiger partial charge in [-0.15, -0.1) is 24.0 Å². The van der Waals surface area contributed by atoms with Crippen LogP contribution < -0.4 is 16.0 Å². The molecule has 1 amide bonds. The monoisotopic (exact) mass is 416 g/mol. The molecule has 0 radical (unpaired) electrons. The maximum Gasteiger partial charge on any atom is 0.221 e. The van der Waals surface area contributed by atoms with Crippen LogP contribution in [0, 0.1) is 5.92 Å². The fraction of sp³-hybridized carbons (Fsp3) is 0.500. The molecule has 122 valence electrons. The van der Waals surface area contributed by atoms with Crippen molar-refractivity contribution in [1.29, 1.82) is 0 Å². The van der Waals surface area contributed by atoms with Gasteiger partial charge in [0.2, 0.25) is 5.91 Å². The van der Waals surface area contributed by atoms with Crippen molar-refractivity contribution < 1.29 is 4.79 Å². The average Bonchev–Trinajstić information content (AvgIpc) is 3.26. The van der Waals surface area contributed by atoms with Crippen LogP contribution in [0.1, 0.15) is 32.3 Å². The van der Waals surface area contributed by atoms with Gasteiger partial charge in [-0.05, 0) is 43.4 Å². The van der Waals surface area contributed by atoms with Gasteiger partial charge >= 0.3 is 0 Å². The number of benzene rings is 1. The van der Waals surface area contributed by atoms with Gasteiger partial charge < -0.3 is 16.0 Å². The van der Waals surface area contributed by atoms with E-state index in [4.69, 9.17) is 0 Å². The molecule has 5 nitrogen and oxygen atoms in total. The highest BCUT2D eigenvalue weighted by molar-refractivity contribution is 14.0. The van der Waals surface area contributed by atoms with Crippen molar-refractivity contribution in [2.45, 2.75) is 33.2 Å². The number of aliphatic imine (C=N–C) groups is 1. The lowest BCUT2D eigenvalue weighted by Crippen LogP contribution is -2.38. The number of carbonyl (C=O) groups excluding carboxylic acids is 1. The second kappa shape index (κ2) is 9.66. The summed E-state index contributed by atoms with van der Waals surface area (Å²) in [7, 11) is 0. The first-order valence-corrected chi connectivity index (χ1v) is 7.56. The fourth-order valence-electron chi connectivity index (χ4n) is 2.03. The highest BCUT2D eigenvalue weighted by Crippen LogP contribution is 2.27. The van der Waals surface area contributed by atoms with Gasteiger partial charge in [0, 0.05) is 25.7 Å². The summed E-state index contributed by atoms with van der Waals surface area (Å²) in [4.78, 5) is 15.7. The minimum absolute atomic E-state index is 0. The van der Waals surface area contributed by atoms with E-state index in [1.807, 2.05) is 24.3 Å². The van der Waals surface area contributed by atoms with Crippen molar-refractivity contribution in [3.63, 3.8) is 0 Å². The molecule has 1 fully saturated rings. The van der Waals surface area contributed by atoms with Crippen LogP contribution in [0.3, 0.4) is 0 Å². The molecule has 0 aromatic heterocycles. The Bertz CT molecular complexity index is 515. The number of nitrogens with zero attached hydrogens (tertiary/aromatic N) is 1. The summed E-state index contributed by atoms with van der Waals surface area (Å²) in [5, 5.41) is 9.41. The summed E-state index contributed by atoms with van der Waals surface area (Å²) >= 11 is 0. The molecule has 1 aromatic rings. The first kappa shape index (κ1) is 18.7. The molecule has 0 heterocycles. The summed E-state index contributed by atoms with van der Waals surface area (Å²) in [6, 6.07) is 7.78. The number of hydrogen-bond donors (Lipinski definition) is 3. The molecule has 1 aliphatic carbocycles. The molecule has 22 heavy (non-hydrogen) atoms. The lowest BCUT2D eigenvalue weighted by molar-refractivity contribution is -0.114. The second-order valence-electron chi connectivity index (χ2n) is 5.40. The number of rotatable bonds is 6. The Morgan fingerprint density at radius 2 is 2.09 bits per heavy atom. The van der Waals surface area contributed by atoms with E-state index in [1.54, 1.807) is 0 Å². The van der Waals surface area contributed by atoms with Gasteiger partial charge in [-0.25, -0.2) is 4.99 Å². The van der Waals surface area contributed by atoms with E-state index in [0.29, 0.717) is 6.54 Å². The van der Waals surface area contributed by atoms with Gasteiger partial charge in [0.1, 0.15) is 0 Å². The zero-order chi connectivity index (χ0) is 15.1. The second-order valence-corrected chi connectivity index (χ2v) is 5.40. The van der Waals surface area contributed by atoms with Crippen LogP contribution in [0.2, 0.25) is 0 Å². The molecule has 0 spiro atoms. The van der Waals surface area contributed by atoms with E-state index >= 15 is 0 Å². The summed E-state index contributed by atoms with van der Waals surface area (Å²) < 4.78 is 0. The lowest BCUT2D eigenvalue weighted by atomic mass is 10.2. The first-order chi connectivity index (χ1) is 10.2. The average molecular weight is 416 g/mol. The van der Waals surface area contributed by atoms with Crippen molar-refractivity contribution in [2.75, 3.05) is 18.4 Å². The molecule has 0 unspecified atom stereocenters. The lowest BCUT2D eigenvalue weighted by Gasteiger charge is -2.11. The Balaban J connectivity index is 0.00000242. The highest BCUT2D eigenvalue weighted by atomic mass is 127.